The maximum absolute atomic E-state index is 10.1. The third kappa shape index (κ3) is 3.53. The van der Waals surface area contributed by atoms with Gasteiger partial charge in [0.25, 0.3) is 0 Å². The molecule has 144 valence electrons. The maximum atomic E-state index is 10.1. The van der Waals surface area contributed by atoms with Crippen LogP contribution in [0, 0.1) is 17.2 Å². The van der Waals surface area contributed by atoms with Gasteiger partial charge >= 0.3 is 5.97 Å². The zero-order valence-corrected chi connectivity index (χ0v) is 16.2. The van der Waals surface area contributed by atoms with E-state index in [4.69, 9.17) is 18.9 Å². The Labute approximate surface area is 165 Å². The number of ether oxygens (including phenoxy) is 4. The highest BCUT2D eigenvalue weighted by atomic mass is 16.9. The normalized spacial score (nSPS) is 21.2. The molecular formula is C23H23NO4. The summed E-state index contributed by atoms with van der Waals surface area (Å²) in [4.78, 5) is 0. The van der Waals surface area contributed by atoms with Gasteiger partial charge in [-0.1, -0.05) is 60.7 Å². The minimum Gasteiger partial charge on any atom is -0.505 e. The maximum Gasteiger partial charge on any atom is 0.334 e. The van der Waals surface area contributed by atoms with Crippen LogP contribution in [0.2, 0.25) is 0 Å². The van der Waals surface area contributed by atoms with Crippen LogP contribution in [0.5, 0.6) is 0 Å². The van der Waals surface area contributed by atoms with Crippen molar-refractivity contribution in [3.05, 3.63) is 89.7 Å². The Morgan fingerprint density at radius 1 is 0.964 bits per heavy atom. The smallest absolute Gasteiger partial charge is 0.334 e. The van der Waals surface area contributed by atoms with Gasteiger partial charge in [0.15, 0.2) is 0 Å². The molecule has 0 saturated carbocycles. The third-order valence-electron chi connectivity index (χ3n) is 4.87. The minimum atomic E-state index is -1.42. The highest BCUT2D eigenvalue weighted by Crippen LogP contribution is 2.50. The summed E-state index contributed by atoms with van der Waals surface area (Å²) in [6.45, 7) is 0. The molecule has 0 radical (unpaired) electrons. The summed E-state index contributed by atoms with van der Waals surface area (Å²) in [6, 6.07) is 21.7. The number of hydrogen-bond donors (Lipinski definition) is 0. The molecule has 0 amide bonds. The monoisotopic (exact) mass is 377 g/mol. The molecule has 2 aromatic carbocycles. The highest BCUT2D eigenvalue weighted by Gasteiger charge is 2.52. The summed E-state index contributed by atoms with van der Waals surface area (Å²) in [7, 11) is 4.62. The van der Waals surface area contributed by atoms with Gasteiger partial charge in [-0.15, -0.1) is 0 Å². The lowest BCUT2D eigenvalue weighted by molar-refractivity contribution is -0.361. The number of methoxy groups -OCH3 is 3. The van der Waals surface area contributed by atoms with E-state index in [9.17, 15) is 5.26 Å². The summed E-state index contributed by atoms with van der Waals surface area (Å²) in [5.41, 5.74) is 2.25. The molecule has 5 heteroatoms. The first kappa shape index (κ1) is 19.7. The summed E-state index contributed by atoms with van der Waals surface area (Å²) >= 11 is 0. The van der Waals surface area contributed by atoms with E-state index in [0.29, 0.717) is 11.3 Å². The largest absolute Gasteiger partial charge is 0.505 e. The SMILES string of the molecule is CO/C=C/[C@@H]1[C@@H](c2ccccc2)C(C#N)=C(c2ccccc2)OC1(OC)OC. The minimum absolute atomic E-state index is 0.346. The van der Waals surface area contributed by atoms with Crippen LogP contribution in [0.25, 0.3) is 5.76 Å². The van der Waals surface area contributed by atoms with E-state index in [1.165, 1.54) is 14.2 Å². The number of nitrogens with zero attached hydrogens (tertiary/aromatic N) is 1. The molecule has 1 aliphatic heterocycles. The summed E-state index contributed by atoms with van der Waals surface area (Å²) in [5.74, 6) is -1.77. The lowest BCUT2D eigenvalue weighted by Gasteiger charge is -2.44. The Kier molecular flexibility index (Phi) is 6.15. The molecule has 0 aliphatic carbocycles. The van der Waals surface area contributed by atoms with Crippen LogP contribution in [0.4, 0.5) is 0 Å². The van der Waals surface area contributed by atoms with Crippen LogP contribution in [-0.4, -0.2) is 27.3 Å². The molecule has 0 spiro atoms. The Bertz CT molecular complexity index is 880. The zero-order chi connectivity index (χ0) is 20.0. The number of nitriles is 1. The molecule has 0 unspecified atom stereocenters. The van der Waals surface area contributed by atoms with E-state index in [-0.39, 0.29) is 5.92 Å². The highest BCUT2D eigenvalue weighted by molar-refractivity contribution is 5.70. The average Bonchev–Trinajstić information content (AvgIpc) is 2.77. The van der Waals surface area contributed by atoms with Crippen molar-refractivity contribution in [2.45, 2.75) is 11.9 Å². The number of allylic oxidation sites excluding steroid dienone is 1. The Hall–Kier alpha value is -3.07. The van der Waals surface area contributed by atoms with Crippen molar-refractivity contribution in [2.24, 2.45) is 5.92 Å². The molecule has 0 saturated heterocycles. The molecular weight excluding hydrogens is 354 g/mol. The van der Waals surface area contributed by atoms with E-state index >= 15 is 0 Å². The first-order valence-electron chi connectivity index (χ1n) is 8.94. The van der Waals surface area contributed by atoms with Crippen molar-refractivity contribution < 1.29 is 18.9 Å². The zero-order valence-electron chi connectivity index (χ0n) is 16.2. The molecule has 2 aromatic rings. The van der Waals surface area contributed by atoms with Crippen molar-refractivity contribution in [1.82, 2.24) is 0 Å². The molecule has 1 heterocycles. The van der Waals surface area contributed by atoms with E-state index in [0.717, 1.165) is 11.1 Å². The van der Waals surface area contributed by atoms with Gasteiger partial charge in [0.2, 0.25) is 0 Å². The topological polar surface area (TPSA) is 60.7 Å². The van der Waals surface area contributed by atoms with Crippen LogP contribution in [-0.2, 0) is 18.9 Å². The summed E-state index contributed by atoms with van der Waals surface area (Å²) < 4.78 is 22.9. The lowest BCUT2D eigenvalue weighted by atomic mass is 9.76. The lowest BCUT2D eigenvalue weighted by Crippen LogP contribution is -2.49. The molecule has 0 fully saturated rings. The molecule has 28 heavy (non-hydrogen) atoms. The second-order valence-corrected chi connectivity index (χ2v) is 6.31. The number of rotatable bonds is 6. The fraction of sp³-hybridized carbons (Fsp3) is 0.261. The van der Waals surface area contributed by atoms with Gasteiger partial charge < -0.3 is 18.9 Å². The predicted octanol–water partition coefficient (Wildman–Crippen LogP) is 4.46. The van der Waals surface area contributed by atoms with Gasteiger partial charge in [0.1, 0.15) is 5.76 Å². The number of benzene rings is 2. The van der Waals surface area contributed by atoms with Crippen LogP contribution in [0.3, 0.4) is 0 Å². The van der Waals surface area contributed by atoms with Crippen LogP contribution in [0.1, 0.15) is 17.0 Å². The summed E-state index contributed by atoms with van der Waals surface area (Å²) in [6.07, 6.45) is 3.36. The third-order valence-corrected chi connectivity index (χ3v) is 4.87. The Morgan fingerprint density at radius 2 is 1.57 bits per heavy atom. The van der Waals surface area contributed by atoms with Crippen molar-refractivity contribution >= 4 is 5.76 Å². The first-order valence-corrected chi connectivity index (χ1v) is 8.94. The van der Waals surface area contributed by atoms with Crippen molar-refractivity contribution in [3.63, 3.8) is 0 Å². The molecule has 0 aromatic heterocycles. The van der Waals surface area contributed by atoms with Crippen LogP contribution >= 0.6 is 0 Å². The Morgan fingerprint density at radius 3 is 2.11 bits per heavy atom. The van der Waals surface area contributed by atoms with Crippen LogP contribution in [0.15, 0.2) is 78.6 Å². The fourth-order valence-corrected chi connectivity index (χ4v) is 3.58. The molecule has 1 aliphatic rings. The van der Waals surface area contributed by atoms with Gasteiger partial charge in [-0.25, -0.2) is 0 Å². The van der Waals surface area contributed by atoms with Crippen LogP contribution < -0.4 is 0 Å². The second kappa shape index (κ2) is 8.75. The number of hydrogen-bond acceptors (Lipinski definition) is 5. The molecule has 2 atom stereocenters. The van der Waals surface area contributed by atoms with Crippen molar-refractivity contribution in [1.29, 1.82) is 5.26 Å². The predicted molar refractivity (Wildman–Crippen MR) is 106 cm³/mol. The van der Waals surface area contributed by atoms with Gasteiger partial charge in [-0.3, -0.25) is 0 Å². The molecule has 0 bridgehead atoms. The summed E-state index contributed by atoms with van der Waals surface area (Å²) in [5, 5.41) is 10.1. The van der Waals surface area contributed by atoms with Gasteiger partial charge in [0, 0.05) is 25.7 Å². The Balaban J connectivity index is 2.29. The molecule has 3 rings (SSSR count). The molecule has 0 N–H and O–H groups in total. The van der Waals surface area contributed by atoms with Gasteiger partial charge in [-0.05, 0) is 11.6 Å². The quantitative estimate of drug-likeness (QED) is 0.549. The van der Waals surface area contributed by atoms with Gasteiger partial charge in [-0.2, -0.15) is 5.26 Å². The van der Waals surface area contributed by atoms with Gasteiger partial charge in [0.05, 0.1) is 30.9 Å². The first-order chi connectivity index (χ1) is 13.7. The van der Waals surface area contributed by atoms with E-state index in [1.807, 2.05) is 66.7 Å². The average molecular weight is 377 g/mol. The van der Waals surface area contributed by atoms with Crippen molar-refractivity contribution in [2.75, 3.05) is 21.3 Å². The van der Waals surface area contributed by atoms with E-state index < -0.39 is 11.9 Å². The van der Waals surface area contributed by atoms with Crippen molar-refractivity contribution in [3.8, 4) is 6.07 Å². The standard InChI is InChI=1S/C23H23NO4/c1-25-15-14-20-21(17-10-6-4-7-11-17)19(16-24)22(18-12-8-5-9-13-18)28-23(20,26-2)27-3/h4-15,20-21H,1-3H3/b15-14+/t20-,21+/m1/s1. The fourth-order valence-electron chi connectivity index (χ4n) is 3.58. The molecule has 5 nitrogen and oxygen atoms in total. The van der Waals surface area contributed by atoms with E-state index in [1.54, 1.807) is 13.4 Å². The second-order valence-electron chi connectivity index (χ2n) is 6.31. The van der Waals surface area contributed by atoms with E-state index in [2.05, 4.69) is 6.07 Å².